The van der Waals surface area contributed by atoms with E-state index in [1.807, 2.05) is 19.1 Å². The molecule has 0 fully saturated rings. The van der Waals surface area contributed by atoms with Crippen LogP contribution in [0.4, 0.5) is 10.6 Å². The second kappa shape index (κ2) is 7.64. The van der Waals surface area contributed by atoms with Crippen LogP contribution in [-0.2, 0) is 0 Å². The number of fused-ring (bicyclic) bond motifs is 1. The van der Waals surface area contributed by atoms with E-state index in [4.69, 9.17) is 9.47 Å². The van der Waals surface area contributed by atoms with Gasteiger partial charge in [-0.25, -0.2) is 14.8 Å². The molecule has 0 spiro atoms. The number of rotatable bonds is 5. The number of urea groups is 1. The molecular weight excluding hydrogens is 334 g/mol. The standard InChI is InChI=1S/C18H19N5O3/c1-4-19-18(24)23-16-8-6-13-17(22-16)21-14(10-20-13)12-9-11(25-2)5-7-15(12)26-3/h5-10H,4H2,1-3H3,(H2,19,21,22,23,24). The molecule has 0 unspecified atom stereocenters. The van der Waals surface area contributed by atoms with Gasteiger partial charge in [0.2, 0.25) is 0 Å². The van der Waals surface area contributed by atoms with Crippen LogP contribution in [0, 0.1) is 0 Å². The highest BCUT2D eigenvalue weighted by molar-refractivity contribution is 5.89. The number of ether oxygens (including phenoxy) is 2. The Morgan fingerprint density at radius 2 is 1.96 bits per heavy atom. The quantitative estimate of drug-likeness (QED) is 0.732. The molecule has 0 aliphatic rings. The van der Waals surface area contributed by atoms with Crippen LogP contribution in [0.15, 0.2) is 36.5 Å². The number of benzene rings is 1. The lowest BCUT2D eigenvalue weighted by molar-refractivity contribution is 0.252. The van der Waals surface area contributed by atoms with E-state index in [-0.39, 0.29) is 6.03 Å². The van der Waals surface area contributed by atoms with Crippen molar-refractivity contribution in [1.29, 1.82) is 0 Å². The number of amides is 2. The Morgan fingerprint density at radius 3 is 2.69 bits per heavy atom. The summed E-state index contributed by atoms with van der Waals surface area (Å²) in [6.45, 7) is 2.37. The van der Waals surface area contributed by atoms with Crippen molar-refractivity contribution in [2.24, 2.45) is 0 Å². The zero-order valence-electron chi connectivity index (χ0n) is 14.7. The van der Waals surface area contributed by atoms with Crippen molar-refractivity contribution in [2.45, 2.75) is 6.92 Å². The third kappa shape index (κ3) is 3.64. The van der Waals surface area contributed by atoms with Gasteiger partial charge >= 0.3 is 6.03 Å². The zero-order valence-corrected chi connectivity index (χ0v) is 14.7. The average Bonchev–Trinajstić information content (AvgIpc) is 2.67. The summed E-state index contributed by atoms with van der Waals surface area (Å²) in [7, 11) is 3.19. The molecule has 2 N–H and O–H groups in total. The molecule has 0 atom stereocenters. The normalized spacial score (nSPS) is 10.4. The molecule has 1 aromatic carbocycles. The van der Waals surface area contributed by atoms with Crippen molar-refractivity contribution >= 4 is 23.0 Å². The number of hydrogen-bond acceptors (Lipinski definition) is 6. The maximum absolute atomic E-state index is 11.7. The first-order chi connectivity index (χ1) is 12.6. The van der Waals surface area contributed by atoms with E-state index >= 15 is 0 Å². The van der Waals surface area contributed by atoms with Gasteiger partial charge in [-0.2, -0.15) is 0 Å². The lowest BCUT2D eigenvalue weighted by Gasteiger charge is -2.10. The van der Waals surface area contributed by atoms with Crippen molar-refractivity contribution in [1.82, 2.24) is 20.3 Å². The van der Waals surface area contributed by atoms with Crippen LogP contribution in [0.25, 0.3) is 22.4 Å². The first-order valence-corrected chi connectivity index (χ1v) is 8.05. The first-order valence-electron chi connectivity index (χ1n) is 8.05. The lowest BCUT2D eigenvalue weighted by atomic mass is 10.1. The van der Waals surface area contributed by atoms with E-state index < -0.39 is 0 Å². The molecule has 0 aliphatic carbocycles. The van der Waals surface area contributed by atoms with Crippen LogP contribution in [0.3, 0.4) is 0 Å². The summed E-state index contributed by atoms with van der Waals surface area (Å²) in [4.78, 5) is 25.0. The van der Waals surface area contributed by atoms with E-state index in [0.717, 1.165) is 5.56 Å². The van der Waals surface area contributed by atoms with E-state index in [9.17, 15) is 4.79 Å². The number of nitrogens with zero attached hydrogens (tertiary/aromatic N) is 3. The van der Waals surface area contributed by atoms with Crippen LogP contribution in [0.2, 0.25) is 0 Å². The summed E-state index contributed by atoms with van der Waals surface area (Å²) in [5.41, 5.74) is 2.37. The highest BCUT2D eigenvalue weighted by Crippen LogP contribution is 2.32. The van der Waals surface area contributed by atoms with Crippen molar-refractivity contribution in [3.63, 3.8) is 0 Å². The molecule has 0 saturated heterocycles. The average molecular weight is 353 g/mol. The van der Waals surface area contributed by atoms with Gasteiger partial charge in [-0.3, -0.25) is 10.3 Å². The Bertz CT molecular complexity index is 945. The molecule has 8 nitrogen and oxygen atoms in total. The summed E-state index contributed by atoms with van der Waals surface area (Å²) in [6.07, 6.45) is 1.65. The van der Waals surface area contributed by atoms with Crippen molar-refractivity contribution < 1.29 is 14.3 Å². The Labute approximate surface area is 150 Å². The number of methoxy groups -OCH3 is 2. The maximum atomic E-state index is 11.7. The Balaban J connectivity index is 2.01. The van der Waals surface area contributed by atoms with E-state index in [1.165, 1.54) is 0 Å². The number of anilines is 1. The maximum Gasteiger partial charge on any atom is 0.320 e. The largest absolute Gasteiger partial charge is 0.497 e. The fraction of sp³-hybridized carbons (Fsp3) is 0.222. The number of hydrogen-bond donors (Lipinski definition) is 2. The van der Waals surface area contributed by atoms with E-state index in [0.29, 0.717) is 40.7 Å². The van der Waals surface area contributed by atoms with Gasteiger partial charge in [-0.15, -0.1) is 0 Å². The van der Waals surface area contributed by atoms with Gasteiger partial charge in [0.1, 0.15) is 22.8 Å². The zero-order chi connectivity index (χ0) is 18.5. The minimum absolute atomic E-state index is 0.321. The lowest BCUT2D eigenvalue weighted by Crippen LogP contribution is -2.28. The summed E-state index contributed by atoms with van der Waals surface area (Å²) >= 11 is 0. The summed E-state index contributed by atoms with van der Waals surface area (Å²) < 4.78 is 10.7. The monoisotopic (exact) mass is 353 g/mol. The number of pyridine rings is 1. The predicted molar refractivity (Wildman–Crippen MR) is 98.6 cm³/mol. The van der Waals surface area contributed by atoms with Crippen LogP contribution in [0.1, 0.15) is 6.92 Å². The smallest absolute Gasteiger partial charge is 0.320 e. The SMILES string of the molecule is CCNC(=O)Nc1ccc2ncc(-c3cc(OC)ccc3OC)nc2n1. The Hall–Kier alpha value is -3.42. The summed E-state index contributed by atoms with van der Waals surface area (Å²) in [5.74, 6) is 1.73. The van der Waals surface area contributed by atoms with Gasteiger partial charge in [0.05, 0.1) is 26.1 Å². The van der Waals surface area contributed by atoms with Crippen LogP contribution in [-0.4, -0.2) is 41.7 Å². The fourth-order valence-corrected chi connectivity index (χ4v) is 2.43. The van der Waals surface area contributed by atoms with Gasteiger partial charge in [0.25, 0.3) is 0 Å². The fourth-order valence-electron chi connectivity index (χ4n) is 2.43. The molecule has 2 aromatic heterocycles. The molecule has 2 amide bonds. The number of carbonyl (C=O) groups is 1. The van der Waals surface area contributed by atoms with Crippen molar-refractivity contribution in [3.8, 4) is 22.8 Å². The minimum atomic E-state index is -0.321. The van der Waals surface area contributed by atoms with Gasteiger partial charge in [0, 0.05) is 12.1 Å². The molecule has 8 heteroatoms. The highest BCUT2D eigenvalue weighted by Gasteiger charge is 2.12. The number of nitrogens with one attached hydrogen (secondary N) is 2. The molecule has 0 saturated carbocycles. The van der Waals surface area contributed by atoms with Gasteiger partial charge in [-0.05, 0) is 37.3 Å². The molecule has 0 radical (unpaired) electrons. The molecule has 134 valence electrons. The van der Waals surface area contributed by atoms with E-state index in [1.54, 1.807) is 38.6 Å². The molecule has 0 bridgehead atoms. The molecule has 26 heavy (non-hydrogen) atoms. The predicted octanol–water partition coefficient (Wildman–Crippen LogP) is 2.85. The molecule has 0 aliphatic heterocycles. The van der Waals surface area contributed by atoms with Crippen LogP contribution < -0.4 is 20.1 Å². The number of aromatic nitrogens is 3. The third-order valence-electron chi connectivity index (χ3n) is 3.67. The minimum Gasteiger partial charge on any atom is -0.497 e. The van der Waals surface area contributed by atoms with Crippen molar-refractivity contribution in [2.75, 3.05) is 26.1 Å². The summed E-state index contributed by atoms with van der Waals surface area (Å²) in [6, 6.07) is 8.55. The topological polar surface area (TPSA) is 98.3 Å². The van der Waals surface area contributed by atoms with Gasteiger partial charge < -0.3 is 14.8 Å². The van der Waals surface area contributed by atoms with Crippen LogP contribution >= 0.6 is 0 Å². The van der Waals surface area contributed by atoms with Gasteiger partial charge in [-0.1, -0.05) is 0 Å². The van der Waals surface area contributed by atoms with Gasteiger partial charge in [0.15, 0.2) is 5.65 Å². The second-order valence-electron chi connectivity index (χ2n) is 5.35. The highest BCUT2D eigenvalue weighted by atomic mass is 16.5. The third-order valence-corrected chi connectivity index (χ3v) is 3.67. The molecular formula is C18H19N5O3. The molecule has 3 aromatic rings. The first kappa shape index (κ1) is 17.4. The number of carbonyl (C=O) groups excluding carboxylic acids is 1. The second-order valence-corrected chi connectivity index (χ2v) is 5.35. The van der Waals surface area contributed by atoms with E-state index in [2.05, 4.69) is 25.6 Å². The summed E-state index contributed by atoms with van der Waals surface area (Å²) in [5, 5.41) is 5.31. The molecule has 2 heterocycles. The Morgan fingerprint density at radius 1 is 1.12 bits per heavy atom. The molecule has 3 rings (SSSR count). The van der Waals surface area contributed by atoms with Crippen molar-refractivity contribution in [3.05, 3.63) is 36.5 Å². The van der Waals surface area contributed by atoms with Crippen LogP contribution in [0.5, 0.6) is 11.5 Å². The Kier molecular flexibility index (Phi) is 5.12.